The van der Waals surface area contributed by atoms with Gasteiger partial charge in [0.2, 0.25) is 0 Å². The lowest BCUT2D eigenvalue weighted by atomic mass is 9.90. The highest BCUT2D eigenvalue weighted by Crippen LogP contribution is 2.25. The first kappa shape index (κ1) is 12.9. The molecule has 0 radical (unpaired) electrons. The van der Waals surface area contributed by atoms with Crippen molar-refractivity contribution >= 4 is 0 Å². The van der Waals surface area contributed by atoms with Crippen LogP contribution in [0.3, 0.4) is 0 Å². The Hall–Kier alpha value is -0.120. The van der Waals surface area contributed by atoms with E-state index in [0.717, 1.165) is 38.5 Å². The Morgan fingerprint density at radius 3 is 2.40 bits per heavy atom. The van der Waals surface area contributed by atoms with Gasteiger partial charge in [-0.2, -0.15) is 0 Å². The summed E-state index contributed by atoms with van der Waals surface area (Å²) in [6, 6.07) is 0.763. The molecule has 3 nitrogen and oxygen atoms in total. The molecule has 1 aliphatic carbocycles. The van der Waals surface area contributed by atoms with Gasteiger partial charge in [0.1, 0.15) is 0 Å². The Balaban J connectivity index is 2.28. The summed E-state index contributed by atoms with van der Waals surface area (Å²) in [4.78, 5) is 2.51. The molecule has 1 saturated carbocycles. The van der Waals surface area contributed by atoms with Crippen molar-refractivity contribution in [2.75, 3.05) is 19.6 Å². The normalized spacial score (nSPS) is 18.2. The largest absolute Gasteiger partial charge is 0.390 e. The van der Waals surface area contributed by atoms with Crippen molar-refractivity contribution in [3.05, 3.63) is 0 Å². The molecule has 0 heterocycles. The van der Waals surface area contributed by atoms with Crippen LogP contribution in [0.1, 0.15) is 46.0 Å². The third-order valence-corrected chi connectivity index (χ3v) is 3.25. The topological polar surface area (TPSA) is 49.5 Å². The van der Waals surface area contributed by atoms with E-state index in [-0.39, 0.29) is 0 Å². The van der Waals surface area contributed by atoms with Crippen molar-refractivity contribution in [1.29, 1.82) is 0 Å². The van der Waals surface area contributed by atoms with Gasteiger partial charge in [0.25, 0.3) is 0 Å². The third-order valence-electron chi connectivity index (χ3n) is 3.25. The van der Waals surface area contributed by atoms with Crippen LogP contribution < -0.4 is 5.73 Å². The first-order chi connectivity index (χ1) is 7.03. The van der Waals surface area contributed by atoms with Gasteiger partial charge in [-0.3, -0.25) is 0 Å². The molecule has 0 bridgehead atoms. The molecule has 0 aliphatic heterocycles. The molecule has 3 N–H and O–H groups in total. The summed E-state index contributed by atoms with van der Waals surface area (Å²) < 4.78 is 0. The molecule has 0 aromatic carbocycles. The number of aliphatic hydroxyl groups is 1. The van der Waals surface area contributed by atoms with Crippen LogP contribution in [0.2, 0.25) is 0 Å². The average Bonchev–Trinajstić information content (AvgIpc) is 2.05. The second kappa shape index (κ2) is 5.83. The SMILES string of the molecule is CC(C)(O)CCN(CCCN)C1CCC1. The van der Waals surface area contributed by atoms with E-state index >= 15 is 0 Å². The molecule has 0 amide bonds. The predicted molar refractivity (Wildman–Crippen MR) is 63.8 cm³/mol. The number of hydrogen-bond acceptors (Lipinski definition) is 3. The van der Waals surface area contributed by atoms with Crippen LogP contribution in [-0.2, 0) is 0 Å². The van der Waals surface area contributed by atoms with E-state index in [1.54, 1.807) is 0 Å². The Labute approximate surface area is 93.6 Å². The summed E-state index contributed by atoms with van der Waals surface area (Å²) in [7, 11) is 0. The zero-order chi connectivity index (χ0) is 11.3. The molecule has 0 aromatic rings. The van der Waals surface area contributed by atoms with Gasteiger partial charge < -0.3 is 15.7 Å². The van der Waals surface area contributed by atoms with E-state index in [0.29, 0.717) is 0 Å². The molecular weight excluding hydrogens is 188 g/mol. The van der Waals surface area contributed by atoms with Crippen LogP contribution in [0, 0.1) is 0 Å². The van der Waals surface area contributed by atoms with Crippen molar-refractivity contribution in [1.82, 2.24) is 4.90 Å². The molecule has 0 saturated heterocycles. The minimum Gasteiger partial charge on any atom is -0.390 e. The average molecular weight is 214 g/mol. The van der Waals surface area contributed by atoms with Gasteiger partial charge in [-0.25, -0.2) is 0 Å². The van der Waals surface area contributed by atoms with Gasteiger partial charge in [-0.15, -0.1) is 0 Å². The molecule has 3 heteroatoms. The van der Waals surface area contributed by atoms with E-state index < -0.39 is 5.60 Å². The van der Waals surface area contributed by atoms with Crippen molar-refractivity contribution < 1.29 is 5.11 Å². The fourth-order valence-corrected chi connectivity index (χ4v) is 1.94. The molecule has 0 unspecified atom stereocenters. The third kappa shape index (κ3) is 4.96. The zero-order valence-electron chi connectivity index (χ0n) is 10.2. The number of nitrogens with two attached hydrogens (primary N) is 1. The van der Waals surface area contributed by atoms with E-state index in [4.69, 9.17) is 5.73 Å². The lowest BCUT2D eigenvalue weighted by molar-refractivity contribution is 0.0406. The Kier molecular flexibility index (Phi) is 5.03. The molecule has 90 valence electrons. The van der Waals surface area contributed by atoms with Crippen molar-refractivity contribution in [3.8, 4) is 0 Å². The predicted octanol–water partition coefficient (Wildman–Crippen LogP) is 1.35. The van der Waals surface area contributed by atoms with Crippen molar-refractivity contribution in [2.45, 2.75) is 57.6 Å². The summed E-state index contributed by atoms with van der Waals surface area (Å²) in [5.41, 5.74) is 5.01. The zero-order valence-corrected chi connectivity index (χ0v) is 10.2. The molecule has 0 atom stereocenters. The molecule has 0 spiro atoms. The van der Waals surface area contributed by atoms with Gasteiger partial charge in [-0.05, 0) is 52.6 Å². The Morgan fingerprint density at radius 2 is 2.00 bits per heavy atom. The highest BCUT2D eigenvalue weighted by molar-refractivity contribution is 4.81. The lowest BCUT2D eigenvalue weighted by Gasteiger charge is -2.38. The summed E-state index contributed by atoms with van der Waals surface area (Å²) in [6.07, 6.45) is 5.95. The first-order valence-corrected chi connectivity index (χ1v) is 6.19. The second-order valence-corrected chi connectivity index (χ2v) is 5.33. The quantitative estimate of drug-likeness (QED) is 0.672. The van der Waals surface area contributed by atoms with E-state index in [9.17, 15) is 5.11 Å². The Morgan fingerprint density at radius 1 is 1.33 bits per heavy atom. The van der Waals surface area contributed by atoms with E-state index in [2.05, 4.69) is 4.90 Å². The molecule has 0 aromatic heterocycles. The number of nitrogens with zero attached hydrogens (tertiary/aromatic N) is 1. The molecule has 1 aliphatic rings. The second-order valence-electron chi connectivity index (χ2n) is 5.33. The molecular formula is C12H26N2O. The van der Waals surface area contributed by atoms with Gasteiger partial charge in [0.05, 0.1) is 5.60 Å². The minimum absolute atomic E-state index is 0.537. The maximum absolute atomic E-state index is 9.71. The van der Waals surface area contributed by atoms with Gasteiger partial charge in [0, 0.05) is 12.6 Å². The smallest absolute Gasteiger partial charge is 0.0603 e. The van der Waals surface area contributed by atoms with Gasteiger partial charge in [0.15, 0.2) is 0 Å². The van der Waals surface area contributed by atoms with Crippen molar-refractivity contribution in [3.63, 3.8) is 0 Å². The van der Waals surface area contributed by atoms with Crippen LogP contribution >= 0.6 is 0 Å². The van der Waals surface area contributed by atoms with Crippen LogP contribution in [0.25, 0.3) is 0 Å². The maximum Gasteiger partial charge on any atom is 0.0603 e. The molecule has 1 rings (SSSR count). The highest BCUT2D eigenvalue weighted by Gasteiger charge is 2.25. The van der Waals surface area contributed by atoms with Crippen LogP contribution in [0.4, 0.5) is 0 Å². The summed E-state index contributed by atoms with van der Waals surface area (Å²) in [5.74, 6) is 0. The van der Waals surface area contributed by atoms with Crippen LogP contribution in [0.15, 0.2) is 0 Å². The van der Waals surface area contributed by atoms with Crippen LogP contribution in [0.5, 0.6) is 0 Å². The monoisotopic (exact) mass is 214 g/mol. The fraction of sp³-hybridized carbons (Fsp3) is 1.00. The minimum atomic E-state index is -0.537. The highest BCUT2D eigenvalue weighted by atomic mass is 16.3. The van der Waals surface area contributed by atoms with E-state index in [1.807, 2.05) is 13.8 Å². The molecule has 15 heavy (non-hydrogen) atoms. The first-order valence-electron chi connectivity index (χ1n) is 6.19. The number of hydrogen-bond donors (Lipinski definition) is 2. The molecule has 1 fully saturated rings. The van der Waals surface area contributed by atoms with E-state index in [1.165, 1.54) is 19.3 Å². The standard InChI is InChI=1S/C12H26N2O/c1-12(2,15)7-10-14(9-4-8-13)11-5-3-6-11/h11,15H,3-10,13H2,1-2H3. The van der Waals surface area contributed by atoms with Crippen LogP contribution in [-0.4, -0.2) is 41.3 Å². The summed E-state index contributed by atoms with van der Waals surface area (Å²) >= 11 is 0. The number of rotatable bonds is 7. The maximum atomic E-state index is 9.71. The summed E-state index contributed by atoms with van der Waals surface area (Å²) in [6.45, 7) is 6.64. The summed E-state index contributed by atoms with van der Waals surface area (Å²) in [5, 5.41) is 9.71. The van der Waals surface area contributed by atoms with Gasteiger partial charge in [-0.1, -0.05) is 6.42 Å². The lowest BCUT2D eigenvalue weighted by Crippen LogP contribution is -2.43. The van der Waals surface area contributed by atoms with Crippen molar-refractivity contribution in [2.24, 2.45) is 5.73 Å². The van der Waals surface area contributed by atoms with Gasteiger partial charge >= 0.3 is 0 Å². The Bertz CT molecular complexity index is 173. The fourth-order valence-electron chi connectivity index (χ4n) is 1.94.